The summed E-state index contributed by atoms with van der Waals surface area (Å²) in [6.45, 7) is 9.13. The number of thiazole rings is 1. The molecule has 45 heavy (non-hydrogen) atoms. The topological polar surface area (TPSA) is 138 Å². The molecular weight excluding hydrogens is 659 g/mol. The molecule has 2 fully saturated rings. The van der Waals surface area contributed by atoms with Crippen molar-refractivity contribution in [2.45, 2.75) is 69.6 Å². The Hall–Kier alpha value is -2.65. The molecule has 1 unspecified atom stereocenters. The molecule has 3 aliphatic rings. The van der Waals surface area contributed by atoms with E-state index in [1.807, 2.05) is 0 Å². The highest BCUT2D eigenvalue weighted by atomic mass is 35.5. The Labute approximate surface area is 272 Å². The van der Waals surface area contributed by atoms with Crippen LogP contribution in [0.5, 0.6) is 0 Å². The van der Waals surface area contributed by atoms with Crippen molar-refractivity contribution in [1.82, 2.24) is 14.6 Å². The van der Waals surface area contributed by atoms with E-state index in [0.717, 1.165) is 12.1 Å². The molecule has 2 aliphatic heterocycles. The van der Waals surface area contributed by atoms with Gasteiger partial charge in [0.25, 0.3) is 0 Å². The first kappa shape index (κ1) is 33.7. The predicted molar refractivity (Wildman–Crippen MR) is 174 cm³/mol. The summed E-state index contributed by atoms with van der Waals surface area (Å²) >= 11 is 7.71. The number of aliphatic carboxylic acids is 1. The molecule has 2 aromatic rings. The van der Waals surface area contributed by atoms with Crippen LogP contribution in [0.3, 0.4) is 0 Å². The van der Waals surface area contributed by atoms with Crippen LogP contribution in [0.1, 0.15) is 49.2 Å². The summed E-state index contributed by atoms with van der Waals surface area (Å²) in [6, 6.07) is 3.60. The van der Waals surface area contributed by atoms with Gasteiger partial charge in [0.2, 0.25) is 10.0 Å². The second-order valence-electron chi connectivity index (χ2n) is 13.4. The summed E-state index contributed by atoms with van der Waals surface area (Å²) in [5.41, 5.74) is -0.0733. The number of hydrogen-bond acceptors (Lipinski definition) is 9. The lowest BCUT2D eigenvalue weighted by molar-refractivity contribution is -0.159. The predicted octanol–water partition coefficient (Wildman–Crippen LogP) is 5.46. The molecule has 15 heteroatoms. The summed E-state index contributed by atoms with van der Waals surface area (Å²) in [5, 5.41) is 15.3. The zero-order valence-electron chi connectivity index (χ0n) is 25.7. The number of nitrogens with one attached hydrogen (secondary N) is 1. The van der Waals surface area contributed by atoms with Gasteiger partial charge in [-0.1, -0.05) is 37.3 Å². The lowest BCUT2D eigenvalue weighted by atomic mass is 9.70. The van der Waals surface area contributed by atoms with E-state index < -0.39 is 46.6 Å². The molecule has 1 aliphatic carbocycles. The molecule has 5 rings (SSSR count). The van der Waals surface area contributed by atoms with E-state index in [9.17, 15) is 27.5 Å². The molecule has 3 heterocycles. The summed E-state index contributed by atoms with van der Waals surface area (Å²) in [7, 11) is -5.04. The number of benzene rings is 1. The molecule has 0 radical (unpaired) electrons. The highest BCUT2D eigenvalue weighted by Gasteiger charge is 2.54. The standard InChI is InChI=1S/C30H38ClFN4O6S2Si/c1-30(29(39)42-12-14-45(2,3)4)16-20(17-30)44(40,41)36-10-7-18(8-11-36)24-23(28(37)38)25(21-6-5-19(32)15-22(21)31)35-26(34-24)27-33-9-13-43-27/h5-6,9,13,15,18,20,25H,7-8,10-12,14,16-17H2,1-4H3,(H,34,35)(H,37,38). The summed E-state index contributed by atoms with van der Waals surface area (Å²) in [5.74, 6) is -2.04. The summed E-state index contributed by atoms with van der Waals surface area (Å²) in [4.78, 5) is 34.4. The van der Waals surface area contributed by atoms with Crippen molar-refractivity contribution in [1.29, 1.82) is 0 Å². The number of carbonyl (C=O) groups excluding carboxylic acids is 1. The lowest BCUT2D eigenvalue weighted by Gasteiger charge is -2.45. The third kappa shape index (κ3) is 7.19. The fourth-order valence-electron chi connectivity index (χ4n) is 6.08. The molecule has 1 aromatic carbocycles. The second-order valence-corrected chi connectivity index (χ2v) is 22.5. The molecular formula is C30H38ClFN4O6S2Si. The van der Waals surface area contributed by atoms with Crippen molar-refractivity contribution in [3.63, 3.8) is 0 Å². The third-order valence-electron chi connectivity index (χ3n) is 8.77. The number of ether oxygens (including phenoxy) is 1. The Morgan fingerprint density at radius 3 is 2.51 bits per heavy atom. The monoisotopic (exact) mass is 696 g/mol. The number of aliphatic imine (C=N–C) groups is 1. The van der Waals surface area contributed by atoms with Gasteiger partial charge in [0.15, 0.2) is 10.8 Å². The van der Waals surface area contributed by atoms with E-state index >= 15 is 0 Å². The van der Waals surface area contributed by atoms with Crippen LogP contribution in [0.4, 0.5) is 4.39 Å². The molecule has 1 aromatic heterocycles. The molecule has 2 N–H and O–H groups in total. The van der Waals surface area contributed by atoms with Crippen LogP contribution in [0.25, 0.3) is 0 Å². The van der Waals surface area contributed by atoms with Crippen molar-refractivity contribution < 1.29 is 32.2 Å². The number of carboxylic acid groups (broad SMARTS) is 1. The summed E-state index contributed by atoms with van der Waals surface area (Å²) < 4.78 is 48.0. The molecule has 10 nitrogen and oxygen atoms in total. The van der Waals surface area contributed by atoms with E-state index in [2.05, 4.69) is 34.9 Å². The maximum Gasteiger partial charge on any atom is 0.335 e. The number of halogens is 2. The van der Waals surface area contributed by atoms with Gasteiger partial charge in [-0.3, -0.25) is 9.79 Å². The largest absolute Gasteiger partial charge is 0.478 e. The number of nitrogens with zero attached hydrogens (tertiary/aromatic N) is 3. The molecule has 0 amide bonds. The molecule has 1 saturated carbocycles. The SMILES string of the molecule is CC1(C(=O)OCC[Si](C)(C)C)CC(S(=O)(=O)N2CCC(C3=C(C(=O)O)C(c4ccc(F)cc4Cl)N=C(c4nccs4)N3)CC2)C1. The Morgan fingerprint density at radius 1 is 1.24 bits per heavy atom. The lowest BCUT2D eigenvalue weighted by Crippen LogP contribution is -2.54. The minimum Gasteiger partial charge on any atom is -0.478 e. The van der Waals surface area contributed by atoms with Crippen molar-refractivity contribution in [3.8, 4) is 0 Å². The number of hydrogen-bond donors (Lipinski definition) is 2. The van der Waals surface area contributed by atoms with Gasteiger partial charge in [-0.15, -0.1) is 11.3 Å². The maximum atomic E-state index is 13.9. The van der Waals surface area contributed by atoms with E-state index in [1.165, 1.54) is 27.8 Å². The number of allylic oxidation sites excluding steroid dienone is 1. The van der Waals surface area contributed by atoms with E-state index in [0.29, 0.717) is 41.6 Å². The second kappa shape index (κ2) is 12.9. The maximum absolute atomic E-state index is 13.9. The highest BCUT2D eigenvalue weighted by molar-refractivity contribution is 7.89. The Bertz CT molecular complexity index is 1630. The van der Waals surface area contributed by atoms with Crippen LogP contribution in [-0.4, -0.2) is 73.6 Å². The number of sulfonamides is 1. The summed E-state index contributed by atoms with van der Waals surface area (Å²) in [6.07, 6.45) is 2.78. The minimum absolute atomic E-state index is 0.0208. The average Bonchev–Trinajstić information content (AvgIpc) is 3.49. The average molecular weight is 697 g/mol. The molecule has 244 valence electrons. The first-order valence-corrected chi connectivity index (χ1v) is 21.4. The minimum atomic E-state index is -3.67. The zero-order chi connectivity index (χ0) is 32.7. The van der Waals surface area contributed by atoms with Gasteiger partial charge in [0.1, 0.15) is 11.9 Å². The van der Waals surface area contributed by atoms with Gasteiger partial charge >= 0.3 is 11.9 Å². The van der Waals surface area contributed by atoms with E-state index in [1.54, 1.807) is 18.5 Å². The van der Waals surface area contributed by atoms with Crippen molar-refractivity contribution in [3.05, 3.63) is 62.5 Å². The molecule has 1 saturated heterocycles. The van der Waals surface area contributed by atoms with E-state index in [4.69, 9.17) is 16.3 Å². The van der Waals surface area contributed by atoms with Crippen LogP contribution in [-0.2, 0) is 24.3 Å². The Balaban J connectivity index is 1.31. The van der Waals surface area contributed by atoms with Gasteiger partial charge in [0, 0.05) is 54.9 Å². The number of rotatable bonds is 10. The van der Waals surface area contributed by atoms with Crippen LogP contribution in [0, 0.1) is 17.2 Å². The van der Waals surface area contributed by atoms with Gasteiger partial charge in [-0.25, -0.2) is 26.9 Å². The van der Waals surface area contributed by atoms with Gasteiger partial charge < -0.3 is 15.2 Å². The number of aromatic nitrogens is 1. The van der Waals surface area contributed by atoms with Crippen LogP contribution >= 0.6 is 22.9 Å². The fourth-order valence-corrected chi connectivity index (χ4v) is 9.95. The smallest absolute Gasteiger partial charge is 0.335 e. The first-order valence-electron chi connectivity index (χ1n) is 14.9. The highest BCUT2D eigenvalue weighted by Crippen LogP contribution is 2.47. The van der Waals surface area contributed by atoms with Gasteiger partial charge in [-0.05, 0) is 50.8 Å². The fraction of sp³-hybridized carbons (Fsp3) is 0.533. The van der Waals surface area contributed by atoms with Crippen molar-refractivity contribution >= 4 is 58.8 Å². The van der Waals surface area contributed by atoms with Gasteiger partial charge in [0.05, 0.1) is 22.8 Å². The molecule has 0 bridgehead atoms. The number of carboxylic acids is 1. The number of piperidine rings is 1. The quantitative estimate of drug-likeness (QED) is 0.247. The van der Waals surface area contributed by atoms with Crippen LogP contribution < -0.4 is 5.32 Å². The van der Waals surface area contributed by atoms with Crippen LogP contribution in [0.15, 0.2) is 46.0 Å². The molecule has 0 spiro atoms. The van der Waals surface area contributed by atoms with Crippen molar-refractivity contribution in [2.75, 3.05) is 19.7 Å². The van der Waals surface area contributed by atoms with Crippen molar-refractivity contribution in [2.24, 2.45) is 16.3 Å². The third-order valence-corrected chi connectivity index (χ3v) is 13.8. The number of carbonyl (C=O) groups is 2. The number of amidine groups is 1. The normalized spacial score (nSPS) is 24.9. The Morgan fingerprint density at radius 2 is 1.93 bits per heavy atom. The molecule has 1 atom stereocenters. The van der Waals surface area contributed by atoms with Gasteiger partial charge in [-0.2, -0.15) is 0 Å². The zero-order valence-corrected chi connectivity index (χ0v) is 29.1. The van der Waals surface area contributed by atoms with Crippen LogP contribution in [0.2, 0.25) is 30.7 Å². The number of esters is 1. The van der Waals surface area contributed by atoms with E-state index in [-0.39, 0.29) is 48.4 Å². The first-order chi connectivity index (χ1) is 21.1. The Kier molecular flexibility index (Phi) is 9.63.